The van der Waals surface area contributed by atoms with Gasteiger partial charge in [-0.25, -0.2) is 13.2 Å². The summed E-state index contributed by atoms with van der Waals surface area (Å²) in [5, 5.41) is 1.87. The lowest BCUT2D eigenvalue weighted by molar-refractivity contribution is 0.0600. The van der Waals surface area contributed by atoms with Crippen molar-refractivity contribution in [1.29, 1.82) is 0 Å². The van der Waals surface area contributed by atoms with Crippen molar-refractivity contribution in [3.8, 4) is 0 Å². The van der Waals surface area contributed by atoms with Crippen LogP contribution in [0.4, 0.5) is 5.69 Å². The molecule has 1 aromatic heterocycles. The van der Waals surface area contributed by atoms with Crippen LogP contribution >= 0.6 is 0 Å². The molecule has 3 aromatic carbocycles. The van der Waals surface area contributed by atoms with Crippen molar-refractivity contribution in [3.63, 3.8) is 0 Å². The van der Waals surface area contributed by atoms with Crippen LogP contribution in [0.1, 0.15) is 27.2 Å². The van der Waals surface area contributed by atoms with Crippen molar-refractivity contribution >= 4 is 43.4 Å². The summed E-state index contributed by atoms with van der Waals surface area (Å²) in [7, 11) is -2.55. The molecule has 30 heavy (non-hydrogen) atoms. The van der Waals surface area contributed by atoms with E-state index in [9.17, 15) is 13.2 Å². The third kappa shape index (κ3) is 3.21. The highest BCUT2D eigenvalue weighted by atomic mass is 32.2. The summed E-state index contributed by atoms with van der Waals surface area (Å²) in [6.07, 6.45) is 0. The van der Waals surface area contributed by atoms with Crippen LogP contribution in [-0.4, -0.2) is 21.5 Å². The molecule has 1 heterocycles. The summed E-state index contributed by atoms with van der Waals surface area (Å²) in [6, 6.07) is 14.1. The van der Waals surface area contributed by atoms with Crippen LogP contribution in [0.3, 0.4) is 0 Å². The number of anilines is 1. The highest BCUT2D eigenvalue weighted by molar-refractivity contribution is 7.92. The Balaban J connectivity index is 1.96. The monoisotopic (exact) mass is 423 g/mol. The molecule has 0 aliphatic carbocycles. The molecule has 0 saturated heterocycles. The Morgan fingerprint density at radius 1 is 0.967 bits per heavy atom. The zero-order valence-corrected chi connectivity index (χ0v) is 17.9. The zero-order chi connectivity index (χ0) is 21.6. The predicted molar refractivity (Wildman–Crippen MR) is 117 cm³/mol. The van der Waals surface area contributed by atoms with E-state index in [4.69, 9.17) is 9.15 Å². The van der Waals surface area contributed by atoms with Crippen LogP contribution in [0.2, 0.25) is 0 Å². The molecule has 7 heteroatoms. The van der Waals surface area contributed by atoms with Gasteiger partial charge in [-0.3, -0.25) is 4.72 Å². The molecule has 0 aliphatic heterocycles. The molecular formula is C23H21NO5S. The molecule has 6 nitrogen and oxygen atoms in total. The summed E-state index contributed by atoms with van der Waals surface area (Å²) in [5.74, 6) is -0.124. The van der Waals surface area contributed by atoms with Crippen molar-refractivity contribution < 1.29 is 22.4 Å². The Morgan fingerprint density at radius 3 is 2.33 bits per heavy atom. The number of furan rings is 1. The van der Waals surface area contributed by atoms with E-state index in [1.807, 2.05) is 37.3 Å². The molecule has 0 saturated carbocycles. The zero-order valence-electron chi connectivity index (χ0n) is 17.1. The molecule has 154 valence electrons. The number of aryl methyl sites for hydroxylation is 3. The van der Waals surface area contributed by atoms with E-state index in [2.05, 4.69) is 4.72 Å². The van der Waals surface area contributed by atoms with Gasteiger partial charge in [0.15, 0.2) is 0 Å². The van der Waals surface area contributed by atoms with Gasteiger partial charge < -0.3 is 9.15 Å². The topological polar surface area (TPSA) is 85.6 Å². The first-order chi connectivity index (χ1) is 14.2. The van der Waals surface area contributed by atoms with E-state index in [1.165, 1.54) is 7.11 Å². The lowest BCUT2D eigenvalue weighted by Crippen LogP contribution is -2.14. The van der Waals surface area contributed by atoms with Crippen LogP contribution in [0.25, 0.3) is 21.7 Å². The van der Waals surface area contributed by atoms with Gasteiger partial charge in [0.05, 0.1) is 17.7 Å². The fourth-order valence-electron chi connectivity index (χ4n) is 3.78. The minimum absolute atomic E-state index is 0.203. The van der Waals surface area contributed by atoms with E-state index >= 15 is 0 Å². The van der Waals surface area contributed by atoms with Gasteiger partial charge in [-0.05, 0) is 38.5 Å². The molecule has 0 amide bonds. The number of ether oxygens (including phenoxy) is 1. The van der Waals surface area contributed by atoms with Crippen LogP contribution in [0.15, 0.2) is 57.8 Å². The Morgan fingerprint density at radius 2 is 1.67 bits per heavy atom. The van der Waals surface area contributed by atoms with E-state index in [-0.39, 0.29) is 10.5 Å². The lowest BCUT2D eigenvalue weighted by atomic mass is 10.0. The molecule has 0 aliphatic rings. The first-order valence-corrected chi connectivity index (χ1v) is 10.8. The number of carbonyl (C=O) groups excluding carboxylic acids is 1. The van der Waals surface area contributed by atoms with Crippen LogP contribution in [0.5, 0.6) is 0 Å². The number of carbonyl (C=O) groups is 1. The number of fused-ring (bicyclic) bond motifs is 3. The molecule has 4 rings (SSSR count). The van der Waals surface area contributed by atoms with Gasteiger partial charge in [0, 0.05) is 16.2 Å². The second-order valence-electron chi connectivity index (χ2n) is 7.25. The van der Waals surface area contributed by atoms with Gasteiger partial charge >= 0.3 is 5.97 Å². The van der Waals surface area contributed by atoms with E-state index in [0.717, 1.165) is 5.56 Å². The van der Waals surface area contributed by atoms with Gasteiger partial charge in [0.25, 0.3) is 10.0 Å². The van der Waals surface area contributed by atoms with Gasteiger partial charge in [-0.15, -0.1) is 0 Å². The summed E-state index contributed by atoms with van der Waals surface area (Å²) < 4.78 is 39.8. The minimum atomic E-state index is -3.85. The number of nitrogens with one attached hydrogen (secondary N) is 1. The molecule has 0 spiro atoms. The van der Waals surface area contributed by atoms with Gasteiger partial charge in [-0.2, -0.15) is 0 Å². The molecule has 0 atom stereocenters. The first-order valence-electron chi connectivity index (χ1n) is 9.36. The second kappa shape index (κ2) is 7.18. The molecule has 0 unspecified atom stereocenters. The highest BCUT2D eigenvalue weighted by Crippen LogP contribution is 2.37. The summed E-state index contributed by atoms with van der Waals surface area (Å²) in [5.41, 5.74) is 2.80. The van der Waals surface area contributed by atoms with Crippen molar-refractivity contribution in [3.05, 3.63) is 71.0 Å². The maximum atomic E-state index is 13.2. The molecule has 0 radical (unpaired) electrons. The van der Waals surface area contributed by atoms with Crippen molar-refractivity contribution in [2.24, 2.45) is 0 Å². The van der Waals surface area contributed by atoms with Gasteiger partial charge in [0.2, 0.25) is 0 Å². The van der Waals surface area contributed by atoms with Crippen molar-refractivity contribution in [1.82, 2.24) is 0 Å². The number of rotatable bonds is 4. The van der Waals surface area contributed by atoms with Gasteiger partial charge in [0.1, 0.15) is 16.9 Å². The third-order valence-corrected chi connectivity index (χ3v) is 6.65. The van der Waals surface area contributed by atoms with Crippen LogP contribution in [0, 0.1) is 20.8 Å². The fourth-order valence-corrected chi connectivity index (χ4v) is 5.08. The molecule has 1 N–H and O–H groups in total. The largest absolute Gasteiger partial charge is 0.465 e. The van der Waals surface area contributed by atoms with Crippen LogP contribution < -0.4 is 4.72 Å². The fraction of sp³-hybridized carbons (Fsp3) is 0.174. The summed E-state index contributed by atoms with van der Waals surface area (Å²) >= 11 is 0. The molecule has 0 bridgehead atoms. The first kappa shape index (κ1) is 20.0. The number of hydrogen-bond acceptors (Lipinski definition) is 5. The Hall–Kier alpha value is -3.32. The standard InChI is InChI=1S/C23H21NO5S/c1-13-9-10-20(14(2)11-13)30(26,27)24-19-12-18-21(23(25)28-4)15(3)29-22(18)17-8-6-5-7-16(17)19/h5-12,24H,1-4H3. The number of benzene rings is 3. The highest BCUT2D eigenvalue weighted by Gasteiger charge is 2.24. The molecule has 0 fully saturated rings. The van der Waals surface area contributed by atoms with E-state index in [1.54, 1.807) is 32.0 Å². The third-order valence-electron chi connectivity index (χ3n) is 5.13. The predicted octanol–water partition coefficient (Wildman–Crippen LogP) is 5.10. The normalized spacial score (nSPS) is 11.7. The number of esters is 1. The second-order valence-corrected chi connectivity index (χ2v) is 8.90. The number of hydrogen-bond donors (Lipinski definition) is 1. The van der Waals surface area contributed by atoms with Crippen molar-refractivity contribution in [2.45, 2.75) is 25.7 Å². The van der Waals surface area contributed by atoms with Crippen LogP contribution in [-0.2, 0) is 14.8 Å². The summed E-state index contributed by atoms with van der Waals surface area (Å²) in [4.78, 5) is 12.5. The number of methoxy groups -OCH3 is 1. The Kier molecular flexibility index (Phi) is 4.78. The van der Waals surface area contributed by atoms with Gasteiger partial charge in [-0.1, -0.05) is 42.0 Å². The SMILES string of the molecule is COC(=O)c1c(C)oc2c1cc(NS(=O)(=O)c1ccc(C)cc1C)c1ccccc12. The summed E-state index contributed by atoms with van der Waals surface area (Å²) in [6.45, 7) is 5.35. The Bertz CT molecular complexity index is 1420. The molecule has 4 aromatic rings. The lowest BCUT2D eigenvalue weighted by Gasteiger charge is -2.13. The maximum Gasteiger partial charge on any atom is 0.342 e. The van der Waals surface area contributed by atoms with E-state index in [0.29, 0.717) is 38.8 Å². The minimum Gasteiger partial charge on any atom is -0.465 e. The maximum absolute atomic E-state index is 13.2. The Labute approximate surface area is 174 Å². The van der Waals surface area contributed by atoms with Crippen molar-refractivity contribution in [2.75, 3.05) is 11.8 Å². The molecular weight excluding hydrogens is 402 g/mol. The quantitative estimate of drug-likeness (QED) is 0.462. The average molecular weight is 423 g/mol. The van der Waals surface area contributed by atoms with E-state index < -0.39 is 16.0 Å². The smallest absolute Gasteiger partial charge is 0.342 e. The number of sulfonamides is 1. The average Bonchev–Trinajstić information content (AvgIpc) is 3.03.